The number of alkyl halides is 3. The first kappa shape index (κ1) is 18.1. The lowest BCUT2D eigenvalue weighted by Crippen LogP contribution is -2.32. The number of likely N-dealkylation sites (tertiary alicyclic amines) is 1. The molecule has 1 amide bonds. The first-order chi connectivity index (χ1) is 12.3. The lowest BCUT2D eigenvalue weighted by atomic mass is 10.1. The molecule has 0 aliphatic carbocycles. The van der Waals surface area contributed by atoms with Crippen LogP contribution in [0.2, 0.25) is 5.02 Å². The van der Waals surface area contributed by atoms with Gasteiger partial charge in [0.2, 0.25) is 0 Å². The molecular formula is C17H12ClF3N4O. The van der Waals surface area contributed by atoms with Crippen molar-refractivity contribution in [3.05, 3.63) is 58.1 Å². The van der Waals surface area contributed by atoms with Crippen molar-refractivity contribution in [3.8, 4) is 6.07 Å². The number of carbonyl (C=O) groups is 1. The fourth-order valence-electron chi connectivity index (χ4n) is 2.88. The van der Waals surface area contributed by atoms with E-state index in [0.29, 0.717) is 19.4 Å². The summed E-state index contributed by atoms with van der Waals surface area (Å²) in [6.45, 7) is 0.343. The molecule has 0 saturated carbocycles. The highest BCUT2D eigenvalue weighted by Gasteiger charge is 2.37. The third-order valence-electron chi connectivity index (χ3n) is 4.10. The van der Waals surface area contributed by atoms with E-state index in [1.807, 2.05) is 6.07 Å². The number of amides is 1. The van der Waals surface area contributed by atoms with Crippen molar-refractivity contribution in [1.82, 2.24) is 14.9 Å². The minimum Gasteiger partial charge on any atom is -0.328 e. The van der Waals surface area contributed by atoms with E-state index in [1.54, 1.807) is 0 Å². The minimum atomic E-state index is -4.59. The maximum atomic E-state index is 12.9. The largest absolute Gasteiger partial charge is 0.433 e. The monoisotopic (exact) mass is 380 g/mol. The number of hydrogen-bond acceptors (Lipinski definition) is 4. The van der Waals surface area contributed by atoms with Crippen LogP contribution in [0.4, 0.5) is 13.2 Å². The van der Waals surface area contributed by atoms with Gasteiger partial charge in [-0.3, -0.25) is 4.79 Å². The number of nitriles is 1. The highest BCUT2D eigenvalue weighted by Crippen LogP contribution is 2.34. The zero-order valence-electron chi connectivity index (χ0n) is 13.3. The molecule has 3 rings (SSSR count). The predicted octanol–water partition coefficient (Wildman–Crippen LogP) is 4.00. The smallest absolute Gasteiger partial charge is 0.328 e. The van der Waals surface area contributed by atoms with Gasteiger partial charge in [0.1, 0.15) is 5.69 Å². The Morgan fingerprint density at radius 2 is 2.12 bits per heavy atom. The van der Waals surface area contributed by atoms with E-state index in [4.69, 9.17) is 16.9 Å². The van der Waals surface area contributed by atoms with Gasteiger partial charge in [0, 0.05) is 12.7 Å². The second-order valence-electron chi connectivity index (χ2n) is 5.76. The molecule has 1 fully saturated rings. The van der Waals surface area contributed by atoms with Gasteiger partial charge in [0.05, 0.1) is 28.3 Å². The number of carbonyl (C=O) groups excluding carboxylic acids is 1. The summed E-state index contributed by atoms with van der Waals surface area (Å²) in [5, 5.41) is 9.16. The Kier molecular flexibility index (Phi) is 4.83. The van der Waals surface area contributed by atoms with Crippen LogP contribution in [0.3, 0.4) is 0 Å². The van der Waals surface area contributed by atoms with Crippen molar-refractivity contribution in [2.24, 2.45) is 0 Å². The Hall–Kier alpha value is -2.66. The summed E-state index contributed by atoms with van der Waals surface area (Å²) in [6.07, 6.45) is -2.50. The van der Waals surface area contributed by atoms with Crippen LogP contribution in [0.15, 0.2) is 30.5 Å². The molecule has 2 heterocycles. The molecule has 0 radical (unpaired) electrons. The average Bonchev–Trinajstić information content (AvgIpc) is 3.11. The lowest BCUT2D eigenvalue weighted by Gasteiger charge is -2.24. The number of nitrogens with zero attached hydrogens (tertiary/aromatic N) is 4. The Morgan fingerprint density at radius 1 is 1.35 bits per heavy atom. The van der Waals surface area contributed by atoms with Crippen LogP contribution < -0.4 is 0 Å². The van der Waals surface area contributed by atoms with Crippen LogP contribution in [0.25, 0.3) is 0 Å². The number of benzene rings is 1. The van der Waals surface area contributed by atoms with Crippen LogP contribution in [-0.2, 0) is 6.18 Å². The lowest BCUT2D eigenvalue weighted by molar-refractivity contribution is -0.141. The molecule has 1 aliphatic heterocycles. The van der Waals surface area contributed by atoms with Gasteiger partial charge in [0.25, 0.3) is 5.91 Å². The van der Waals surface area contributed by atoms with Gasteiger partial charge in [-0.05, 0) is 37.1 Å². The first-order valence-electron chi connectivity index (χ1n) is 7.72. The standard InChI is InChI=1S/C17H12ClF3N4O/c18-12-4-3-10(9-22)8-11(12)16(26)25-7-1-2-13(25)15-23-6-5-14(24-15)17(19,20)21/h3-6,8,13H,1-2,7H2. The summed E-state index contributed by atoms with van der Waals surface area (Å²) in [5.41, 5.74) is -0.653. The van der Waals surface area contributed by atoms with E-state index in [-0.39, 0.29) is 22.0 Å². The second kappa shape index (κ2) is 6.92. The molecule has 0 N–H and O–H groups in total. The van der Waals surface area contributed by atoms with Gasteiger partial charge >= 0.3 is 6.18 Å². The normalized spacial score (nSPS) is 17.2. The van der Waals surface area contributed by atoms with Gasteiger partial charge in [-0.2, -0.15) is 18.4 Å². The molecule has 2 aromatic rings. The molecule has 1 saturated heterocycles. The number of rotatable bonds is 2. The zero-order chi connectivity index (χ0) is 18.9. The van der Waals surface area contributed by atoms with E-state index in [0.717, 1.165) is 12.3 Å². The molecule has 1 aromatic heterocycles. The quantitative estimate of drug-likeness (QED) is 0.789. The molecule has 134 valence electrons. The summed E-state index contributed by atoms with van der Waals surface area (Å²) in [7, 11) is 0. The summed E-state index contributed by atoms with van der Waals surface area (Å²) in [5.74, 6) is -0.520. The van der Waals surface area contributed by atoms with Gasteiger partial charge in [-0.1, -0.05) is 11.6 Å². The fraction of sp³-hybridized carbons (Fsp3) is 0.294. The fourth-order valence-corrected chi connectivity index (χ4v) is 3.08. The highest BCUT2D eigenvalue weighted by molar-refractivity contribution is 6.33. The predicted molar refractivity (Wildman–Crippen MR) is 86.2 cm³/mol. The van der Waals surface area contributed by atoms with Gasteiger partial charge in [-0.25, -0.2) is 9.97 Å². The van der Waals surface area contributed by atoms with Crippen molar-refractivity contribution in [3.63, 3.8) is 0 Å². The molecule has 5 nitrogen and oxygen atoms in total. The summed E-state index contributed by atoms with van der Waals surface area (Å²) in [6, 6.07) is 6.34. The molecule has 1 atom stereocenters. The first-order valence-corrected chi connectivity index (χ1v) is 8.10. The van der Waals surface area contributed by atoms with E-state index in [9.17, 15) is 18.0 Å². The van der Waals surface area contributed by atoms with Crippen LogP contribution >= 0.6 is 11.6 Å². The number of halogens is 4. The van der Waals surface area contributed by atoms with Gasteiger partial charge < -0.3 is 4.90 Å². The molecule has 1 aliphatic rings. The molecule has 9 heteroatoms. The van der Waals surface area contributed by atoms with Crippen LogP contribution in [-0.4, -0.2) is 27.3 Å². The van der Waals surface area contributed by atoms with Gasteiger partial charge in [0.15, 0.2) is 5.82 Å². The van der Waals surface area contributed by atoms with Crippen LogP contribution in [0.5, 0.6) is 0 Å². The molecule has 1 aromatic carbocycles. The van der Waals surface area contributed by atoms with Crippen molar-refractivity contribution in [1.29, 1.82) is 5.26 Å². The highest BCUT2D eigenvalue weighted by atomic mass is 35.5. The van der Waals surface area contributed by atoms with E-state index in [1.165, 1.54) is 23.1 Å². The topological polar surface area (TPSA) is 69.9 Å². The maximum absolute atomic E-state index is 12.9. The Morgan fingerprint density at radius 3 is 2.81 bits per heavy atom. The molecule has 0 bridgehead atoms. The van der Waals surface area contributed by atoms with E-state index >= 15 is 0 Å². The number of hydrogen-bond donors (Lipinski definition) is 0. The summed E-state index contributed by atoms with van der Waals surface area (Å²) < 4.78 is 38.7. The third kappa shape index (κ3) is 3.48. The van der Waals surface area contributed by atoms with Crippen LogP contribution in [0, 0.1) is 11.3 Å². The summed E-state index contributed by atoms with van der Waals surface area (Å²) >= 11 is 6.07. The van der Waals surface area contributed by atoms with E-state index in [2.05, 4.69) is 9.97 Å². The Labute approximate surface area is 152 Å². The second-order valence-corrected chi connectivity index (χ2v) is 6.17. The zero-order valence-corrected chi connectivity index (χ0v) is 14.1. The maximum Gasteiger partial charge on any atom is 0.433 e. The van der Waals surface area contributed by atoms with Crippen molar-refractivity contribution in [2.45, 2.75) is 25.1 Å². The molecule has 26 heavy (non-hydrogen) atoms. The van der Waals surface area contributed by atoms with Crippen molar-refractivity contribution in [2.75, 3.05) is 6.54 Å². The average molecular weight is 381 g/mol. The Bertz CT molecular complexity index is 894. The van der Waals surface area contributed by atoms with Crippen molar-refractivity contribution >= 4 is 17.5 Å². The third-order valence-corrected chi connectivity index (χ3v) is 4.43. The Balaban J connectivity index is 1.94. The molecule has 0 spiro atoms. The van der Waals surface area contributed by atoms with Crippen LogP contribution in [0.1, 0.15) is 46.3 Å². The van der Waals surface area contributed by atoms with Crippen molar-refractivity contribution < 1.29 is 18.0 Å². The minimum absolute atomic E-state index is 0.0572. The SMILES string of the molecule is N#Cc1ccc(Cl)c(C(=O)N2CCCC2c2nccc(C(F)(F)F)n2)c1. The summed E-state index contributed by atoms with van der Waals surface area (Å²) in [4.78, 5) is 21.8. The molecule has 1 unspecified atom stereocenters. The van der Waals surface area contributed by atoms with Gasteiger partial charge in [-0.15, -0.1) is 0 Å². The molecular weight excluding hydrogens is 369 g/mol. The van der Waals surface area contributed by atoms with E-state index < -0.39 is 23.8 Å². The number of aromatic nitrogens is 2.